The van der Waals surface area contributed by atoms with E-state index < -0.39 is 18.3 Å². The first-order valence-electron chi connectivity index (χ1n) is 10.8. The molecule has 8 heteroatoms. The number of phenolic OH excluding ortho intramolecular Hbond substituents is 1. The molecule has 176 valence electrons. The number of amides is 1. The predicted molar refractivity (Wildman–Crippen MR) is 124 cm³/mol. The van der Waals surface area contributed by atoms with Gasteiger partial charge >= 0.3 is 6.09 Å². The van der Waals surface area contributed by atoms with Crippen molar-refractivity contribution >= 4 is 12.4 Å². The number of ether oxygens (including phenoxy) is 2. The van der Waals surface area contributed by atoms with Gasteiger partial charge in [0, 0.05) is 12.5 Å². The van der Waals surface area contributed by atoms with Crippen LogP contribution in [0, 0.1) is 0 Å². The lowest BCUT2D eigenvalue weighted by atomic mass is 9.98. The van der Waals surface area contributed by atoms with E-state index in [4.69, 9.17) is 9.47 Å². The number of phenols is 1. The second kappa shape index (κ2) is 9.94. The summed E-state index contributed by atoms with van der Waals surface area (Å²) >= 11 is 0. The van der Waals surface area contributed by atoms with E-state index in [0.29, 0.717) is 6.29 Å². The van der Waals surface area contributed by atoms with Crippen LogP contribution in [0.5, 0.6) is 11.5 Å². The lowest BCUT2D eigenvalue weighted by Crippen LogP contribution is -2.36. The van der Waals surface area contributed by atoms with Crippen LogP contribution in [0.3, 0.4) is 0 Å². The smallest absolute Gasteiger partial charge is 0.407 e. The van der Waals surface area contributed by atoms with E-state index in [1.54, 1.807) is 0 Å². The zero-order valence-electron chi connectivity index (χ0n) is 18.5. The predicted octanol–water partition coefficient (Wildman–Crippen LogP) is 3.15. The second-order valence-corrected chi connectivity index (χ2v) is 8.00. The molecule has 0 bridgehead atoms. The van der Waals surface area contributed by atoms with Gasteiger partial charge in [-0.1, -0.05) is 48.5 Å². The normalized spacial score (nSPS) is 14.0. The molecule has 2 atom stereocenters. The molecule has 0 radical (unpaired) electrons. The number of hydrogen-bond acceptors (Lipinski definition) is 7. The zero-order chi connectivity index (χ0) is 24.2. The van der Waals surface area contributed by atoms with Crippen LogP contribution in [0.1, 0.15) is 39.1 Å². The molecule has 0 saturated heterocycles. The van der Waals surface area contributed by atoms with E-state index in [-0.39, 0.29) is 41.7 Å². The molecule has 1 aliphatic rings. The van der Waals surface area contributed by atoms with Gasteiger partial charge in [0.05, 0.1) is 12.7 Å². The minimum absolute atomic E-state index is 0.0182. The largest absolute Gasteiger partial charge is 0.504 e. The Morgan fingerprint density at radius 1 is 1.06 bits per heavy atom. The van der Waals surface area contributed by atoms with Crippen molar-refractivity contribution in [3.8, 4) is 22.6 Å². The molecule has 1 amide bonds. The average Bonchev–Trinajstić information content (AvgIpc) is 3.19. The maximum atomic E-state index is 12.3. The van der Waals surface area contributed by atoms with Crippen LogP contribution in [0.2, 0.25) is 0 Å². The number of aromatic hydroxyl groups is 1. The molecule has 0 aromatic heterocycles. The summed E-state index contributed by atoms with van der Waals surface area (Å²) in [5, 5.41) is 33.2. The molecule has 4 rings (SSSR count). The number of rotatable bonds is 8. The molecule has 0 spiro atoms. The fourth-order valence-electron chi connectivity index (χ4n) is 4.24. The Morgan fingerprint density at radius 2 is 1.68 bits per heavy atom. The standard InChI is InChI=1S/C26H25NO7/c1-33-23-11-15(10-16(13-28)25(23)31)24(30)22(29)12-27-26(32)34-14-21-19-8-4-2-6-17(19)18-7-3-5-9-20(18)21/h2-11,13,21-22,24,29-31H,12,14H2,1H3,(H,27,32). The first-order valence-corrected chi connectivity index (χ1v) is 10.8. The van der Waals surface area contributed by atoms with Crippen molar-refractivity contribution in [1.82, 2.24) is 5.32 Å². The Bertz CT molecular complexity index is 1160. The number of fused-ring (bicyclic) bond motifs is 3. The zero-order valence-corrected chi connectivity index (χ0v) is 18.5. The molecule has 3 aromatic rings. The SMILES string of the molecule is COc1cc(C(O)C(O)CNC(=O)OCC2c3ccccc3-c3ccccc32)cc(C=O)c1O. The third-order valence-electron chi connectivity index (χ3n) is 5.98. The fraction of sp³-hybridized carbons (Fsp3) is 0.231. The molecule has 0 aliphatic heterocycles. The van der Waals surface area contributed by atoms with E-state index in [0.717, 1.165) is 22.3 Å². The van der Waals surface area contributed by atoms with Crippen LogP contribution in [0.15, 0.2) is 60.7 Å². The molecule has 3 aromatic carbocycles. The van der Waals surface area contributed by atoms with Crippen molar-refractivity contribution in [2.75, 3.05) is 20.3 Å². The molecular formula is C26H25NO7. The topological polar surface area (TPSA) is 125 Å². The highest BCUT2D eigenvalue weighted by Crippen LogP contribution is 2.44. The quantitative estimate of drug-likeness (QED) is 0.378. The summed E-state index contributed by atoms with van der Waals surface area (Å²) in [7, 11) is 1.30. The van der Waals surface area contributed by atoms with Crippen molar-refractivity contribution in [3.63, 3.8) is 0 Å². The summed E-state index contributed by atoms with van der Waals surface area (Å²) in [5.74, 6) is -0.477. The number of carbonyl (C=O) groups excluding carboxylic acids is 2. The number of alkyl carbamates (subject to hydrolysis) is 1. The number of hydrogen-bond donors (Lipinski definition) is 4. The molecule has 2 unspecified atom stereocenters. The number of benzene rings is 3. The van der Waals surface area contributed by atoms with Gasteiger partial charge in [0.15, 0.2) is 17.8 Å². The van der Waals surface area contributed by atoms with Gasteiger partial charge in [-0.05, 0) is 39.9 Å². The maximum Gasteiger partial charge on any atom is 0.407 e. The Morgan fingerprint density at radius 3 is 2.26 bits per heavy atom. The minimum atomic E-state index is -1.44. The number of aliphatic hydroxyl groups is 2. The lowest BCUT2D eigenvalue weighted by Gasteiger charge is -2.20. The van der Waals surface area contributed by atoms with Crippen molar-refractivity contribution in [2.24, 2.45) is 0 Å². The van der Waals surface area contributed by atoms with Crippen LogP contribution < -0.4 is 10.1 Å². The van der Waals surface area contributed by atoms with Crippen molar-refractivity contribution in [1.29, 1.82) is 0 Å². The maximum absolute atomic E-state index is 12.3. The molecule has 4 N–H and O–H groups in total. The third-order valence-corrected chi connectivity index (χ3v) is 5.98. The van der Waals surface area contributed by atoms with Gasteiger partial charge in [0.2, 0.25) is 0 Å². The number of aldehydes is 1. The average molecular weight is 463 g/mol. The number of methoxy groups -OCH3 is 1. The van der Waals surface area contributed by atoms with Gasteiger partial charge < -0.3 is 30.1 Å². The van der Waals surface area contributed by atoms with Gasteiger partial charge in [0.1, 0.15) is 18.8 Å². The van der Waals surface area contributed by atoms with Crippen LogP contribution in [-0.4, -0.2) is 54.1 Å². The molecule has 0 heterocycles. The summed E-state index contributed by atoms with van der Waals surface area (Å²) < 4.78 is 10.4. The lowest BCUT2D eigenvalue weighted by molar-refractivity contribution is 0.0184. The van der Waals surface area contributed by atoms with Crippen LogP contribution in [0.25, 0.3) is 11.1 Å². The van der Waals surface area contributed by atoms with Gasteiger partial charge in [-0.3, -0.25) is 4.79 Å². The molecule has 0 saturated carbocycles. The highest BCUT2D eigenvalue weighted by molar-refractivity contribution is 5.81. The van der Waals surface area contributed by atoms with Crippen LogP contribution in [0.4, 0.5) is 4.79 Å². The molecule has 34 heavy (non-hydrogen) atoms. The number of nitrogens with one attached hydrogen (secondary N) is 1. The summed E-state index contributed by atoms with van der Waals surface area (Å²) in [6.45, 7) is -0.173. The van der Waals surface area contributed by atoms with Crippen LogP contribution in [-0.2, 0) is 4.74 Å². The highest BCUT2D eigenvalue weighted by Gasteiger charge is 2.29. The summed E-state index contributed by atoms with van der Waals surface area (Å²) in [4.78, 5) is 23.5. The van der Waals surface area contributed by atoms with Crippen LogP contribution >= 0.6 is 0 Å². The monoisotopic (exact) mass is 463 g/mol. The van der Waals surface area contributed by atoms with Gasteiger partial charge in [-0.2, -0.15) is 0 Å². The van der Waals surface area contributed by atoms with Gasteiger partial charge in [-0.25, -0.2) is 4.79 Å². The van der Waals surface area contributed by atoms with Crippen molar-refractivity contribution < 1.29 is 34.4 Å². The fourth-order valence-corrected chi connectivity index (χ4v) is 4.24. The van der Waals surface area contributed by atoms with E-state index in [1.807, 2.05) is 48.5 Å². The summed E-state index contributed by atoms with van der Waals surface area (Å²) in [6, 6.07) is 18.5. The molecule has 0 fully saturated rings. The third kappa shape index (κ3) is 4.46. The Kier molecular flexibility index (Phi) is 6.81. The Labute approximate surface area is 196 Å². The van der Waals surface area contributed by atoms with E-state index in [9.17, 15) is 24.9 Å². The highest BCUT2D eigenvalue weighted by atomic mass is 16.5. The molecule has 1 aliphatic carbocycles. The summed E-state index contributed by atoms with van der Waals surface area (Å²) in [5.41, 5.74) is 4.46. The van der Waals surface area contributed by atoms with Crippen molar-refractivity contribution in [3.05, 3.63) is 82.9 Å². The second-order valence-electron chi connectivity index (χ2n) is 8.00. The van der Waals surface area contributed by atoms with Gasteiger partial charge in [-0.15, -0.1) is 0 Å². The Hall–Kier alpha value is -3.88. The van der Waals surface area contributed by atoms with E-state index in [1.165, 1.54) is 19.2 Å². The first-order chi connectivity index (χ1) is 16.4. The first kappa shape index (κ1) is 23.3. The molecular weight excluding hydrogens is 438 g/mol. The minimum Gasteiger partial charge on any atom is -0.504 e. The number of carbonyl (C=O) groups is 2. The van der Waals surface area contributed by atoms with Crippen molar-refractivity contribution in [2.45, 2.75) is 18.1 Å². The van der Waals surface area contributed by atoms with Gasteiger partial charge in [0.25, 0.3) is 0 Å². The molecule has 8 nitrogen and oxygen atoms in total. The number of aliphatic hydroxyl groups excluding tert-OH is 2. The summed E-state index contributed by atoms with van der Waals surface area (Å²) in [6.07, 6.45) is -3.16. The van der Waals surface area contributed by atoms with E-state index >= 15 is 0 Å². The van der Waals surface area contributed by atoms with E-state index in [2.05, 4.69) is 5.32 Å². The Balaban J connectivity index is 1.36.